The number of carbonyl (C=O) groups is 2. The van der Waals surface area contributed by atoms with Crippen molar-refractivity contribution in [1.82, 2.24) is 9.88 Å². The van der Waals surface area contributed by atoms with Gasteiger partial charge in [-0.1, -0.05) is 36.4 Å². The van der Waals surface area contributed by atoms with Crippen molar-refractivity contribution in [2.75, 3.05) is 6.61 Å². The lowest BCUT2D eigenvalue weighted by atomic mass is 9.97. The third-order valence-electron chi connectivity index (χ3n) is 5.06. The predicted octanol–water partition coefficient (Wildman–Crippen LogP) is 3.09. The van der Waals surface area contributed by atoms with Gasteiger partial charge in [-0.05, 0) is 42.4 Å². The third-order valence-corrected chi connectivity index (χ3v) is 5.06. The number of fused-ring (bicyclic) bond motifs is 1. The summed E-state index contributed by atoms with van der Waals surface area (Å²) in [6, 6.07) is 13.6. The molecular formula is C20H20N2O3. The Labute approximate surface area is 146 Å². The highest BCUT2D eigenvalue weighted by atomic mass is 16.6. The SMILES string of the molecule is O=C(C[C@H]1CCc2ncccc21)N1C(=O)OC[C@@H]1Cc1ccccc1. The van der Waals surface area contributed by atoms with Crippen LogP contribution < -0.4 is 0 Å². The Balaban J connectivity index is 1.47. The number of imide groups is 1. The Hall–Kier alpha value is -2.69. The van der Waals surface area contributed by atoms with E-state index in [1.54, 1.807) is 6.20 Å². The molecule has 5 nitrogen and oxygen atoms in total. The number of nitrogens with zero attached hydrogens (tertiary/aromatic N) is 2. The molecule has 2 aliphatic rings. The summed E-state index contributed by atoms with van der Waals surface area (Å²) in [6.45, 7) is 0.266. The van der Waals surface area contributed by atoms with Crippen molar-refractivity contribution in [2.45, 2.75) is 37.6 Å². The fourth-order valence-electron chi connectivity index (χ4n) is 3.82. The monoisotopic (exact) mass is 336 g/mol. The molecule has 1 aliphatic heterocycles. The molecule has 0 saturated carbocycles. The molecule has 0 unspecified atom stereocenters. The number of amides is 2. The van der Waals surface area contributed by atoms with Crippen LogP contribution in [0.2, 0.25) is 0 Å². The number of aryl methyl sites for hydroxylation is 1. The van der Waals surface area contributed by atoms with Crippen molar-refractivity contribution in [3.8, 4) is 0 Å². The number of carbonyl (C=O) groups excluding carboxylic acids is 2. The van der Waals surface area contributed by atoms with Crippen LogP contribution in [-0.2, 0) is 22.4 Å². The lowest BCUT2D eigenvalue weighted by molar-refractivity contribution is -0.129. The third kappa shape index (κ3) is 3.14. The maximum Gasteiger partial charge on any atom is 0.416 e. The first-order valence-electron chi connectivity index (χ1n) is 8.69. The van der Waals surface area contributed by atoms with Crippen molar-refractivity contribution in [2.24, 2.45) is 0 Å². The van der Waals surface area contributed by atoms with E-state index in [1.165, 1.54) is 4.90 Å². The molecule has 2 atom stereocenters. The molecule has 4 rings (SSSR count). The normalized spacial score (nSPS) is 21.9. The summed E-state index contributed by atoms with van der Waals surface area (Å²) in [5, 5.41) is 0. The summed E-state index contributed by atoms with van der Waals surface area (Å²) >= 11 is 0. The van der Waals surface area contributed by atoms with Gasteiger partial charge in [0.1, 0.15) is 6.61 Å². The number of hydrogen-bond donors (Lipinski definition) is 0. The first kappa shape index (κ1) is 15.8. The number of hydrogen-bond acceptors (Lipinski definition) is 4. The molecule has 2 aromatic rings. The number of pyridine rings is 1. The van der Waals surface area contributed by atoms with Crippen molar-refractivity contribution in [1.29, 1.82) is 0 Å². The zero-order valence-corrected chi connectivity index (χ0v) is 13.9. The van der Waals surface area contributed by atoms with Crippen molar-refractivity contribution in [3.63, 3.8) is 0 Å². The van der Waals surface area contributed by atoms with E-state index >= 15 is 0 Å². The predicted molar refractivity (Wildman–Crippen MR) is 92.0 cm³/mol. The van der Waals surface area contributed by atoms with Gasteiger partial charge in [0.2, 0.25) is 5.91 Å². The Morgan fingerprint density at radius 3 is 2.88 bits per heavy atom. The molecule has 25 heavy (non-hydrogen) atoms. The largest absolute Gasteiger partial charge is 0.447 e. The zero-order chi connectivity index (χ0) is 17.2. The van der Waals surface area contributed by atoms with E-state index in [9.17, 15) is 9.59 Å². The van der Waals surface area contributed by atoms with Gasteiger partial charge in [-0.2, -0.15) is 0 Å². The van der Waals surface area contributed by atoms with E-state index in [2.05, 4.69) is 4.98 Å². The molecule has 2 heterocycles. The van der Waals surface area contributed by atoms with Crippen LogP contribution in [0.4, 0.5) is 4.79 Å². The van der Waals surface area contributed by atoms with Gasteiger partial charge < -0.3 is 4.74 Å². The summed E-state index contributed by atoms with van der Waals surface area (Å²) in [5.74, 6) is -0.00731. The van der Waals surface area contributed by atoms with Crippen LogP contribution in [0, 0.1) is 0 Å². The van der Waals surface area contributed by atoms with Gasteiger partial charge in [-0.25, -0.2) is 9.69 Å². The summed E-state index contributed by atoms with van der Waals surface area (Å²) < 4.78 is 5.16. The molecule has 2 amide bonds. The molecule has 1 aromatic heterocycles. The van der Waals surface area contributed by atoms with Crippen LogP contribution in [-0.4, -0.2) is 34.5 Å². The van der Waals surface area contributed by atoms with Gasteiger partial charge in [0, 0.05) is 18.3 Å². The fourth-order valence-corrected chi connectivity index (χ4v) is 3.82. The number of benzene rings is 1. The van der Waals surface area contributed by atoms with Crippen LogP contribution >= 0.6 is 0 Å². The summed E-state index contributed by atoms with van der Waals surface area (Å²) in [6.07, 6.45) is 4.03. The average molecular weight is 336 g/mol. The Morgan fingerprint density at radius 2 is 2.04 bits per heavy atom. The molecule has 1 aliphatic carbocycles. The van der Waals surface area contributed by atoms with E-state index in [0.29, 0.717) is 12.8 Å². The van der Waals surface area contributed by atoms with E-state index in [1.807, 2.05) is 42.5 Å². The van der Waals surface area contributed by atoms with Gasteiger partial charge in [0.05, 0.1) is 6.04 Å². The summed E-state index contributed by atoms with van der Waals surface area (Å²) in [5.41, 5.74) is 3.31. The minimum absolute atomic E-state index is 0.141. The van der Waals surface area contributed by atoms with Crippen LogP contribution in [0.25, 0.3) is 0 Å². The van der Waals surface area contributed by atoms with E-state index in [0.717, 1.165) is 29.7 Å². The van der Waals surface area contributed by atoms with Gasteiger partial charge in [0.25, 0.3) is 0 Å². The van der Waals surface area contributed by atoms with E-state index < -0.39 is 6.09 Å². The second kappa shape index (κ2) is 6.67. The highest BCUT2D eigenvalue weighted by Crippen LogP contribution is 2.35. The number of cyclic esters (lactones) is 1. The van der Waals surface area contributed by atoms with Crippen LogP contribution in [0.3, 0.4) is 0 Å². The molecule has 128 valence electrons. The van der Waals surface area contributed by atoms with Gasteiger partial charge in [0.15, 0.2) is 0 Å². The van der Waals surface area contributed by atoms with Crippen molar-refractivity contribution in [3.05, 3.63) is 65.5 Å². The molecular weight excluding hydrogens is 316 g/mol. The van der Waals surface area contributed by atoms with E-state index in [-0.39, 0.29) is 24.5 Å². The first-order valence-corrected chi connectivity index (χ1v) is 8.69. The number of rotatable bonds is 4. The molecule has 5 heteroatoms. The molecule has 0 bridgehead atoms. The highest BCUT2D eigenvalue weighted by molar-refractivity contribution is 5.94. The lowest BCUT2D eigenvalue weighted by Gasteiger charge is -2.21. The maximum absolute atomic E-state index is 12.8. The topological polar surface area (TPSA) is 59.5 Å². The number of ether oxygens (including phenoxy) is 1. The zero-order valence-electron chi connectivity index (χ0n) is 13.9. The van der Waals surface area contributed by atoms with Crippen LogP contribution in [0.1, 0.15) is 35.6 Å². The molecule has 0 radical (unpaired) electrons. The average Bonchev–Trinajstić information content (AvgIpc) is 3.20. The summed E-state index contributed by atoms with van der Waals surface area (Å²) in [4.78, 5) is 30.6. The smallest absolute Gasteiger partial charge is 0.416 e. The molecule has 1 aromatic carbocycles. The van der Waals surface area contributed by atoms with Crippen molar-refractivity contribution < 1.29 is 14.3 Å². The van der Waals surface area contributed by atoms with Crippen molar-refractivity contribution >= 4 is 12.0 Å². The highest BCUT2D eigenvalue weighted by Gasteiger charge is 2.39. The molecule has 1 saturated heterocycles. The fraction of sp³-hybridized carbons (Fsp3) is 0.350. The first-order chi connectivity index (χ1) is 12.2. The summed E-state index contributed by atoms with van der Waals surface area (Å²) in [7, 11) is 0. The van der Waals surface area contributed by atoms with Gasteiger partial charge in [-0.3, -0.25) is 9.78 Å². The Morgan fingerprint density at radius 1 is 1.20 bits per heavy atom. The second-order valence-corrected chi connectivity index (χ2v) is 6.66. The quantitative estimate of drug-likeness (QED) is 0.861. The minimum atomic E-state index is -0.518. The second-order valence-electron chi connectivity index (χ2n) is 6.66. The number of aromatic nitrogens is 1. The minimum Gasteiger partial charge on any atom is -0.447 e. The standard InChI is InChI=1S/C20H20N2O3/c23-19(12-15-8-9-18-17(15)7-4-10-21-18)22-16(13-25-20(22)24)11-14-5-2-1-3-6-14/h1-7,10,15-16H,8-9,11-13H2/t15-,16+/m1/s1. The van der Waals surface area contributed by atoms with Gasteiger partial charge in [-0.15, -0.1) is 0 Å². The lowest BCUT2D eigenvalue weighted by Crippen LogP contribution is -2.40. The molecule has 1 fully saturated rings. The van der Waals surface area contributed by atoms with Crippen LogP contribution in [0.5, 0.6) is 0 Å². The Kier molecular flexibility index (Phi) is 4.22. The van der Waals surface area contributed by atoms with E-state index in [4.69, 9.17) is 4.74 Å². The Bertz CT molecular complexity index is 791. The molecule has 0 N–H and O–H groups in total. The molecule has 0 spiro atoms. The van der Waals surface area contributed by atoms with Crippen LogP contribution in [0.15, 0.2) is 48.7 Å². The maximum atomic E-state index is 12.8. The van der Waals surface area contributed by atoms with Gasteiger partial charge >= 0.3 is 6.09 Å².